The van der Waals surface area contributed by atoms with Crippen LogP contribution in [0.25, 0.3) is 0 Å². The zero-order chi connectivity index (χ0) is 16.5. The van der Waals surface area contributed by atoms with Gasteiger partial charge in [-0.2, -0.15) is 5.26 Å². The molecule has 1 saturated carbocycles. The molecule has 1 heterocycles. The van der Waals surface area contributed by atoms with Crippen LogP contribution in [0.2, 0.25) is 0 Å². The molecule has 23 heavy (non-hydrogen) atoms. The molecular weight excluding hydrogens is 290 g/mol. The van der Waals surface area contributed by atoms with Gasteiger partial charge in [-0.1, -0.05) is 19.3 Å². The fraction of sp³-hybridized carbons (Fsp3) is 0.889. The quantitative estimate of drug-likeness (QED) is 0.576. The molecule has 0 aromatic carbocycles. The van der Waals surface area contributed by atoms with Crippen molar-refractivity contribution < 1.29 is 9.53 Å². The highest BCUT2D eigenvalue weighted by molar-refractivity contribution is 5.69. The van der Waals surface area contributed by atoms with Crippen LogP contribution in [0, 0.1) is 23.2 Å². The summed E-state index contributed by atoms with van der Waals surface area (Å²) in [4.78, 5) is 13.6. The molecule has 0 radical (unpaired) electrons. The van der Waals surface area contributed by atoms with E-state index in [4.69, 9.17) is 10.00 Å². The van der Waals surface area contributed by atoms with Crippen molar-refractivity contribution in [2.45, 2.75) is 57.4 Å². The summed E-state index contributed by atoms with van der Waals surface area (Å²) in [5, 5.41) is 12.7. The second-order valence-corrected chi connectivity index (χ2v) is 7.18. The van der Waals surface area contributed by atoms with Gasteiger partial charge in [0.25, 0.3) is 0 Å². The van der Waals surface area contributed by atoms with Crippen molar-refractivity contribution in [1.29, 1.82) is 5.26 Å². The molecule has 1 aliphatic carbocycles. The molecule has 1 N–H and O–H groups in total. The molecule has 2 aliphatic rings. The Morgan fingerprint density at radius 1 is 1.26 bits per heavy atom. The van der Waals surface area contributed by atoms with Gasteiger partial charge in [0.05, 0.1) is 19.7 Å². The Hall–Kier alpha value is -1.12. The second-order valence-electron chi connectivity index (χ2n) is 7.18. The van der Waals surface area contributed by atoms with Crippen LogP contribution in [-0.4, -0.2) is 50.2 Å². The van der Waals surface area contributed by atoms with E-state index < -0.39 is 0 Å². The predicted octanol–water partition coefficient (Wildman–Crippen LogP) is 2.32. The lowest BCUT2D eigenvalue weighted by atomic mass is 9.87. The van der Waals surface area contributed by atoms with E-state index in [2.05, 4.69) is 16.3 Å². The fourth-order valence-corrected chi connectivity index (χ4v) is 4.04. The fourth-order valence-electron chi connectivity index (χ4n) is 4.04. The van der Waals surface area contributed by atoms with E-state index in [0.29, 0.717) is 24.9 Å². The maximum atomic E-state index is 11.4. The number of nitrogens with one attached hydrogen (secondary N) is 1. The molecule has 0 aromatic heterocycles. The Morgan fingerprint density at radius 3 is 2.74 bits per heavy atom. The van der Waals surface area contributed by atoms with Gasteiger partial charge >= 0.3 is 5.97 Å². The molecule has 5 heteroatoms. The third kappa shape index (κ3) is 6.48. The summed E-state index contributed by atoms with van der Waals surface area (Å²) in [6.45, 7) is 3.46. The van der Waals surface area contributed by atoms with Crippen LogP contribution in [-0.2, 0) is 9.53 Å². The number of carbonyl (C=O) groups excluding carboxylic acids is 1. The van der Waals surface area contributed by atoms with Gasteiger partial charge in [-0.15, -0.1) is 0 Å². The maximum Gasteiger partial charge on any atom is 0.305 e. The summed E-state index contributed by atoms with van der Waals surface area (Å²) >= 11 is 0. The van der Waals surface area contributed by atoms with Crippen molar-refractivity contribution in [1.82, 2.24) is 10.2 Å². The molecule has 2 fully saturated rings. The van der Waals surface area contributed by atoms with E-state index >= 15 is 0 Å². The van der Waals surface area contributed by atoms with Gasteiger partial charge in [-0.05, 0) is 44.1 Å². The Balaban J connectivity index is 1.79. The van der Waals surface area contributed by atoms with E-state index in [1.165, 1.54) is 39.2 Å². The molecule has 5 nitrogen and oxygen atoms in total. The molecule has 1 saturated heterocycles. The smallest absolute Gasteiger partial charge is 0.305 e. The third-order valence-electron chi connectivity index (χ3n) is 5.31. The number of nitriles is 1. The summed E-state index contributed by atoms with van der Waals surface area (Å²) in [5.74, 6) is 1.16. The molecule has 2 rings (SSSR count). The van der Waals surface area contributed by atoms with Crippen LogP contribution in [0.4, 0.5) is 0 Å². The summed E-state index contributed by atoms with van der Waals surface area (Å²) in [6.07, 6.45) is 9.30. The normalized spacial score (nSPS) is 26.6. The first-order valence-corrected chi connectivity index (χ1v) is 9.10. The lowest BCUT2D eigenvalue weighted by molar-refractivity contribution is -0.141. The van der Waals surface area contributed by atoms with Gasteiger partial charge in [0.1, 0.15) is 0 Å². The largest absolute Gasteiger partial charge is 0.469 e. The van der Waals surface area contributed by atoms with Crippen LogP contribution < -0.4 is 5.32 Å². The van der Waals surface area contributed by atoms with E-state index in [1.807, 2.05) is 0 Å². The van der Waals surface area contributed by atoms with Crippen molar-refractivity contribution in [3.8, 4) is 6.07 Å². The highest BCUT2D eigenvalue weighted by Crippen LogP contribution is 2.25. The van der Waals surface area contributed by atoms with E-state index in [9.17, 15) is 4.79 Å². The van der Waals surface area contributed by atoms with Crippen molar-refractivity contribution in [3.63, 3.8) is 0 Å². The molecule has 2 atom stereocenters. The minimum atomic E-state index is -0.130. The second kappa shape index (κ2) is 9.89. The third-order valence-corrected chi connectivity index (χ3v) is 5.31. The highest BCUT2D eigenvalue weighted by Gasteiger charge is 2.28. The number of esters is 1. The zero-order valence-corrected chi connectivity index (χ0v) is 14.4. The number of ether oxygens (including phenoxy) is 1. The van der Waals surface area contributed by atoms with Gasteiger partial charge < -0.3 is 10.1 Å². The average Bonchev–Trinajstić information content (AvgIpc) is 2.59. The Kier molecular flexibility index (Phi) is 7.84. The summed E-state index contributed by atoms with van der Waals surface area (Å²) in [7, 11) is 1.44. The molecule has 0 aromatic rings. The minimum Gasteiger partial charge on any atom is -0.469 e. The highest BCUT2D eigenvalue weighted by atomic mass is 16.5. The summed E-state index contributed by atoms with van der Waals surface area (Å²) < 4.78 is 4.75. The van der Waals surface area contributed by atoms with Gasteiger partial charge in [0.2, 0.25) is 0 Å². The number of methoxy groups -OCH3 is 1. The maximum absolute atomic E-state index is 11.4. The molecule has 2 unspecified atom stereocenters. The van der Waals surface area contributed by atoms with Crippen molar-refractivity contribution >= 4 is 5.97 Å². The van der Waals surface area contributed by atoms with Crippen LogP contribution in [0.1, 0.15) is 51.4 Å². The Bertz CT molecular complexity index is 402. The summed E-state index contributed by atoms with van der Waals surface area (Å²) in [5.41, 5.74) is 0. The Morgan fingerprint density at radius 2 is 2.04 bits per heavy atom. The Labute approximate surface area is 140 Å². The van der Waals surface area contributed by atoms with E-state index in [-0.39, 0.29) is 5.97 Å². The van der Waals surface area contributed by atoms with Crippen LogP contribution >= 0.6 is 0 Å². The first-order chi connectivity index (χ1) is 11.2. The van der Waals surface area contributed by atoms with Crippen molar-refractivity contribution in [2.75, 3.05) is 33.3 Å². The number of hydrogen-bond acceptors (Lipinski definition) is 5. The van der Waals surface area contributed by atoms with Gasteiger partial charge in [0, 0.05) is 25.6 Å². The van der Waals surface area contributed by atoms with Crippen LogP contribution in [0.5, 0.6) is 0 Å². The molecule has 0 spiro atoms. The number of hydrogen-bond donors (Lipinski definition) is 1. The van der Waals surface area contributed by atoms with Crippen LogP contribution in [0.15, 0.2) is 0 Å². The molecule has 1 aliphatic heterocycles. The minimum absolute atomic E-state index is 0.130. The van der Waals surface area contributed by atoms with Crippen LogP contribution in [0.3, 0.4) is 0 Å². The number of likely N-dealkylation sites (tertiary alicyclic amines) is 1. The number of nitrogens with zero attached hydrogens (tertiary/aromatic N) is 2. The zero-order valence-electron chi connectivity index (χ0n) is 14.4. The lowest BCUT2D eigenvalue weighted by Gasteiger charge is -2.38. The lowest BCUT2D eigenvalue weighted by Crippen LogP contribution is -2.50. The predicted molar refractivity (Wildman–Crippen MR) is 89.8 cm³/mol. The first kappa shape index (κ1) is 18.2. The molecule has 0 amide bonds. The SMILES string of the molecule is COC(=O)CCC1CC(NCC2CCCCC2)CN(CC#N)C1. The van der Waals surface area contributed by atoms with E-state index in [1.54, 1.807) is 0 Å². The molecule has 0 bridgehead atoms. The standard InChI is InChI=1S/C18H31N3O2/c1-23-18(22)8-7-16-11-17(14-21(13-16)10-9-19)20-12-15-5-3-2-4-6-15/h15-17,20H,2-8,10-14H2,1H3. The van der Waals surface area contributed by atoms with Gasteiger partial charge in [-0.25, -0.2) is 0 Å². The average molecular weight is 321 g/mol. The topological polar surface area (TPSA) is 65.4 Å². The number of rotatable bonds is 7. The number of carbonyl (C=O) groups is 1. The van der Waals surface area contributed by atoms with Gasteiger partial charge in [-0.3, -0.25) is 9.69 Å². The molecule has 130 valence electrons. The van der Waals surface area contributed by atoms with Crippen molar-refractivity contribution in [3.05, 3.63) is 0 Å². The van der Waals surface area contributed by atoms with Gasteiger partial charge in [0.15, 0.2) is 0 Å². The summed E-state index contributed by atoms with van der Waals surface area (Å²) in [6, 6.07) is 2.71. The monoisotopic (exact) mass is 321 g/mol. The van der Waals surface area contributed by atoms with Crippen molar-refractivity contribution in [2.24, 2.45) is 11.8 Å². The van der Waals surface area contributed by atoms with E-state index in [0.717, 1.165) is 38.4 Å². The molecular formula is C18H31N3O2. The first-order valence-electron chi connectivity index (χ1n) is 9.10. The number of piperidine rings is 1.